The van der Waals surface area contributed by atoms with Crippen LogP contribution in [0, 0.1) is 0 Å². The minimum absolute atomic E-state index is 0.567. The molecular formula is C28H30ClN3O2. The summed E-state index contributed by atoms with van der Waals surface area (Å²) in [5.41, 5.74) is 4.51. The Bertz CT molecular complexity index is 1300. The van der Waals surface area contributed by atoms with E-state index in [1.54, 1.807) is 7.11 Å². The molecule has 34 heavy (non-hydrogen) atoms. The number of fused-ring (bicyclic) bond motifs is 2. The number of furan rings is 1. The van der Waals surface area contributed by atoms with Gasteiger partial charge in [0.05, 0.1) is 29.6 Å². The number of pyridine rings is 1. The van der Waals surface area contributed by atoms with Gasteiger partial charge in [0.15, 0.2) is 0 Å². The Morgan fingerprint density at radius 3 is 2.59 bits per heavy atom. The Morgan fingerprint density at radius 2 is 1.79 bits per heavy atom. The number of nitrogens with zero attached hydrogens (tertiary/aromatic N) is 3. The van der Waals surface area contributed by atoms with Crippen LogP contribution in [-0.4, -0.2) is 49.2 Å². The highest BCUT2D eigenvalue weighted by Gasteiger charge is 2.30. The molecule has 2 aliphatic rings. The Morgan fingerprint density at radius 1 is 0.971 bits per heavy atom. The molecule has 1 aliphatic heterocycles. The minimum atomic E-state index is 0.567. The van der Waals surface area contributed by atoms with Crippen molar-refractivity contribution in [2.24, 2.45) is 0 Å². The highest BCUT2D eigenvalue weighted by molar-refractivity contribution is 6.35. The van der Waals surface area contributed by atoms with Gasteiger partial charge >= 0.3 is 0 Å². The largest absolute Gasteiger partial charge is 0.497 e. The standard InChI is InChI=1S/C28H30ClN3O2/c1-33-21-8-11-27-23(17-21)24(18-34-27)19-4-6-20(7-5-19)31-13-15-32(16-14-31)26-10-9-25(29)22-3-2-12-30-28(22)26/h2-3,8-12,17-20H,4-7,13-16H2,1H3/t19-,20-. The van der Waals surface area contributed by atoms with Crippen LogP contribution < -0.4 is 9.64 Å². The number of piperazine rings is 1. The van der Waals surface area contributed by atoms with Gasteiger partial charge in [-0.2, -0.15) is 0 Å². The van der Waals surface area contributed by atoms with Crippen LogP contribution in [0.1, 0.15) is 37.2 Å². The van der Waals surface area contributed by atoms with E-state index in [-0.39, 0.29) is 0 Å². The molecule has 3 heterocycles. The molecule has 6 heteroatoms. The molecule has 0 N–H and O–H groups in total. The van der Waals surface area contributed by atoms with Crippen LogP contribution in [0.4, 0.5) is 5.69 Å². The lowest BCUT2D eigenvalue weighted by atomic mass is 9.81. The predicted octanol–water partition coefficient (Wildman–Crippen LogP) is 6.49. The lowest BCUT2D eigenvalue weighted by molar-refractivity contribution is 0.141. The first kappa shape index (κ1) is 21.8. The average molecular weight is 476 g/mol. The van der Waals surface area contributed by atoms with Crippen LogP contribution >= 0.6 is 11.6 Å². The fraction of sp³-hybridized carbons (Fsp3) is 0.393. The zero-order valence-corrected chi connectivity index (χ0v) is 20.3. The summed E-state index contributed by atoms with van der Waals surface area (Å²) >= 11 is 6.41. The number of rotatable bonds is 4. The van der Waals surface area contributed by atoms with Gasteiger partial charge in [-0.15, -0.1) is 0 Å². The van der Waals surface area contributed by atoms with Crippen molar-refractivity contribution >= 4 is 39.2 Å². The second-order valence-corrected chi connectivity index (χ2v) is 9.95. The van der Waals surface area contributed by atoms with Gasteiger partial charge in [0.25, 0.3) is 0 Å². The first-order valence-electron chi connectivity index (χ1n) is 12.3. The molecule has 0 unspecified atom stereocenters. The number of anilines is 1. The van der Waals surface area contributed by atoms with Crippen LogP contribution in [-0.2, 0) is 0 Å². The zero-order valence-electron chi connectivity index (χ0n) is 19.5. The Labute approximate surface area is 205 Å². The summed E-state index contributed by atoms with van der Waals surface area (Å²) in [6.07, 6.45) is 8.74. The molecule has 6 rings (SSSR count). The molecule has 0 spiro atoms. The van der Waals surface area contributed by atoms with Gasteiger partial charge in [-0.3, -0.25) is 9.88 Å². The first-order valence-corrected chi connectivity index (χ1v) is 12.7. The van der Waals surface area contributed by atoms with Crippen molar-refractivity contribution in [2.75, 3.05) is 38.2 Å². The molecule has 4 aromatic rings. The lowest BCUT2D eigenvalue weighted by Gasteiger charge is -2.42. The van der Waals surface area contributed by atoms with E-state index >= 15 is 0 Å². The average Bonchev–Trinajstić information content (AvgIpc) is 3.32. The van der Waals surface area contributed by atoms with E-state index in [0.29, 0.717) is 12.0 Å². The molecule has 0 amide bonds. The number of hydrogen-bond donors (Lipinski definition) is 0. The third-order valence-electron chi connectivity index (χ3n) is 7.81. The van der Waals surface area contributed by atoms with Gasteiger partial charge in [0, 0.05) is 54.8 Å². The van der Waals surface area contributed by atoms with Gasteiger partial charge in [0.1, 0.15) is 11.3 Å². The van der Waals surface area contributed by atoms with Gasteiger partial charge in [-0.05, 0) is 74.1 Å². The summed E-state index contributed by atoms with van der Waals surface area (Å²) in [6, 6.07) is 14.9. The fourth-order valence-corrected chi connectivity index (χ4v) is 6.14. The number of methoxy groups -OCH3 is 1. The van der Waals surface area contributed by atoms with Crippen LogP contribution in [0.25, 0.3) is 21.9 Å². The highest BCUT2D eigenvalue weighted by atomic mass is 35.5. The molecule has 176 valence electrons. The highest BCUT2D eigenvalue weighted by Crippen LogP contribution is 2.40. The van der Waals surface area contributed by atoms with Gasteiger partial charge < -0.3 is 14.1 Å². The molecule has 2 aromatic heterocycles. The summed E-state index contributed by atoms with van der Waals surface area (Å²) < 4.78 is 11.3. The van der Waals surface area contributed by atoms with Gasteiger partial charge in [-0.25, -0.2) is 0 Å². The molecule has 0 bridgehead atoms. The summed E-state index contributed by atoms with van der Waals surface area (Å²) in [7, 11) is 1.72. The molecule has 1 saturated carbocycles. The second kappa shape index (κ2) is 9.12. The van der Waals surface area contributed by atoms with Crippen molar-refractivity contribution in [1.29, 1.82) is 0 Å². The van der Waals surface area contributed by atoms with E-state index in [1.165, 1.54) is 42.3 Å². The third kappa shape index (κ3) is 3.91. The van der Waals surface area contributed by atoms with Gasteiger partial charge in [-0.1, -0.05) is 11.6 Å². The normalized spacial score (nSPS) is 21.9. The number of aromatic nitrogens is 1. The van der Waals surface area contributed by atoms with E-state index in [9.17, 15) is 0 Å². The molecule has 0 atom stereocenters. The smallest absolute Gasteiger partial charge is 0.134 e. The van der Waals surface area contributed by atoms with E-state index < -0.39 is 0 Å². The van der Waals surface area contributed by atoms with Crippen LogP contribution in [0.3, 0.4) is 0 Å². The molecule has 0 radical (unpaired) electrons. The fourth-order valence-electron chi connectivity index (χ4n) is 5.93. The Kier molecular flexibility index (Phi) is 5.84. The van der Waals surface area contributed by atoms with Crippen molar-refractivity contribution < 1.29 is 9.15 Å². The number of hydrogen-bond acceptors (Lipinski definition) is 5. The SMILES string of the molecule is COc1ccc2occ([C@H]3CC[C@H](N4CCN(c5ccc(Cl)c6cccnc56)CC4)CC3)c2c1. The molecule has 1 saturated heterocycles. The van der Waals surface area contributed by atoms with Crippen LogP contribution in [0.5, 0.6) is 5.75 Å². The van der Waals surface area contributed by atoms with E-state index in [1.807, 2.05) is 36.7 Å². The van der Waals surface area contributed by atoms with Gasteiger partial charge in [0.2, 0.25) is 0 Å². The lowest BCUT2D eigenvalue weighted by Crippen LogP contribution is -2.51. The zero-order chi connectivity index (χ0) is 23.1. The summed E-state index contributed by atoms with van der Waals surface area (Å²) in [6.45, 7) is 4.25. The molecule has 1 aliphatic carbocycles. The van der Waals surface area contributed by atoms with E-state index in [2.05, 4.69) is 33.0 Å². The second-order valence-electron chi connectivity index (χ2n) is 9.55. The monoisotopic (exact) mass is 475 g/mol. The summed E-state index contributed by atoms with van der Waals surface area (Å²) in [5, 5.41) is 3.01. The summed E-state index contributed by atoms with van der Waals surface area (Å²) in [4.78, 5) is 9.81. The van der Waals surface area contributed by atoms with Crippen LogP contribution in [0.15, 0.2) is 59.3 Å². The van der Waals surface area contributed by atoms with Crippen molar-refractivity contribution in [2.45, 2.75) is 37.6 Å². The maximum atomic E-state index is 6.41. The maximum absolute atomic E-state index is 6.41. The number of halogens is 1. The number of ether oxygens (including phenoxy) is 1. The third-order valence-corrected chi connectivity index (χ3v) is 8.14. The van der Waals surface area contributed by atoms with Crippen molar-refractivity contribution in [1.82, 2.24) is 9.88 Å². The molecule has 5 nitrogen and oxygen atoms in total. The van der Waals surface area contributed by atoms with Crippen LogP contribution in [0.2, 0.25) is 5.02 Å². The molecular weight excluding hydrogens is 446 g/mol. The minimum Gasteiger partial charge on any atom is -0.497 e. The number of benzene rings is 2. The van der Waals surface area contributed by atoms with E-state index in [4.69, 9.17) is 20.8 Å². The van der Waals surface area contributed by atoms with Crippen molar-refractivity contribution in [3.05, 3.63) is 65.5 Å². The van der Waals surface area contributed by atoms with E-state index in [0.717, 1.165) is 53.4 Å². The predicted molar refractivity (Wildman–Crippen MR) is 138 cm³/mol. The molecule has 2 aromatic carbocycles. The maximum Gasteiger partial charge on any atom is 0.134 e. The van der Waals surface area contributed by atoms with Crippen molar-refractivity contribution in [3.63, 3.8) is 0 Å². The van der Waals surface area contributed by atoms with Crippen molar-refractivity contribution in [3.8, 4) is 5.75 Å². The quantitative estimate of drug-likeness (QED) is 0.337. The Hall–Kier alpha value is -2.76. The topological polar surface area (TPSA) is 41.7 Å². The Balaban J connectivity index is 1.10. The first-order chi connectivity index (χ1) is 16.7. The molecule has 2 fully saturated rings. The summed E-state index contributed by atoms with van der Waals surface area (Å²) in [5.74, 6) is 1.46.